The van der Waals surface area contributed by atoms with Crippen LogP contribution in [0.4, 0.5) is 13.8 Å². The van der Waals surface area contributed by atoms with Crippen LogP contribution in [0.15, 0.2) is 24.7 Å². The van der Waals surface area contributed by atoms with Gasteiger partial charge in [-0.1, -0.05) is 19.8 Å². The minimum Gasteiger partial charge on any atom is -0.312 e. The number of fused-ring (bicyclic) bond motifs is 1. The van der Waals surface area contributed by atoms with E-state index in [0.29, 0.717) is 16.6 Å². The van der Waals surface area contributed by atoms with Gasteiger partial charge in [0, 0.05) is 18.3 Å². The SMILES string of the molecule is C[C@H]1CC[C@H](c2nc(C(F)F)c(NC(=O)c3cnn4cccnc34)s2)CC1. The Morgan fingerprint density at radius 1 is 1.33 bits per heavy atom. The van der Waals surface area contributed by atoms with Crippen LogP contribution in [0.2, 0.25) is 0 Å². The lowest BCUT2D eigenvalue weighted by Gasteiger charge is -2.24. The van der Waals surface area contributed by atoms with Gasteiger partial charge in [0.15, 0.2) is 5.65 Å². The van der Waals surface area contributed by atoms with Gasteiger partial charge in [-0.25, -0.2) is 23.3 Å². The van der Waals surface area contributed by atoms with E-state index in [0.717, 1.165) is 37.0 Å². The predicted octanol–water partition coefficient (Wildman–Crippen LogP) is 4.67. The Morgan fingerprint density at radius 2 is 2.11 bits per heavy atom. The second kappa shape index (κ2) is 7.30. The summed E-state index contributed by atoms with van der Waals surface area (Å²) in [4.78, 5) is 20.9. The maximum Gasteiger partial charge on any atom is 0.283 e. The van der Waals surface area contributed by atoms with Gasteiger partial charge in [-0.15, -0.1) is 11.3 Å². The molecule has 0 bridgehead atoms. The molecule has 9 heteroatoms. The van der Waals surface area contributed by atoms with Crippen molar-refractivity contribution in [1.29, 1.82) is 0 Å². The van der Waals surface area contributed by atoms with Crippen LogP contribution in [0.25, 0.3) is 5.65 Å². The molecule has 142 valence electrons. The first-order valence-corrected chi connectivity index (χ1v) is 9.73. The summed E-state index contributed by atoms with van der Waals surface area (Å²) in [7, 11) is 0. The lowest BCUT2D eigenvalue weighted by atomic mass is 9.83. The predicted molar refractivity (Wildman–Crippen MR) is 98.4 cm³/mol. The van der Waals surface area contributed by atoms with Crippen LogP contribution in [0.3, 0.4) is 0 Å². The zero-order chi connectivity index (χ0) is 19.0. The van der Waals surface area contributed by atoms with Crippen molar-refractivity contribution in [3.05, 3.63) is 40.9 Å². The van der Waals surface area contributed by atoms with Crippen LogP contribution in [-0.4, -0.2) is 25.5 Å². The maximum absolute atomic E-state index is 13.5. The number of nitrogens with one attached hydrogen (secondary N) is 1. The van der Waals surface area contributed by atoms with E-state index in [1.807, 2.05) is 0 Å². The summed E-state index contributed by atoms with van der Waals surface area (Å²) in [5, 5.41) is 7.45. The van der Waals surface area contributed by atoms with Crippen molar-refractivity contribution >= 4 is 27.9 Å². The average molecular weight is 391 g/mol. The minimum atomic E-state index is -2.74. The number of thiazole rings is 1. The van der Waals surface area contributed by atoms with E-state index in [4.69, 9.17) is 0 Å². The third-order valence-electron chi connectivity index (χ3n) is 4.99. The molecular weight excluding hydrogens is 372 g/mol. The molecular formula is C18H19F2N5OS. The number of anilines is 1. The van der Waals surface area contributed by atoms with E-state index in [-0.39, 0.29) is 22.2 Å². The third kappa shape index (κ3) is 3.55. The molecule has 1 aliphatic carbocycles. The van der Waals surface area contributed by atoms with Crippen LogP contribution in [0.1, 0.15) is 66.0 Å². The van der Waals surface area contributed by atoms with Gasteiger partial charge in [0.1, 0.15) is 16.3 Å². The van der Waals surface area contributed by atoms with Crippen molar-refractivity contribution in [2.45, 2.75) is 45.0 Å². The highest BCUT2D eigenvalue weighted by molar-refractivity contribution is 7.16. The van der Waals surface area contributed by atoms with Gasteiger partial charge in [-0.05, 0) is 24.8 Å². The van der Waals surface area contributed by atoms with Crippen molar-refractivity contribution in [3.8, 4) is 0 Å². The zero-order valence-electron chi connectivity index (χ0n) is 14.7. The van der Waals surface area contributed by atoms with Gasteiger partial charge < -0.3 is 5.32 Å². The lowest BCUT2D eigenvalue weighted by molar-refractivity contribution is 0.102. The number of alkyl halides is 2. The summed E-state index contributed by atoms with van der Waals surface area (Å²) in [5.74, 6) is 0.337. The van der Waals surface area contributed by atoms with Gasteiger partial charge in [-0.3, -0.25) is 4.79 Å². The Balaban J connectivity index is 1.60. The quantitative estimate of drug-likeness (QED) is 0.702. The van der Waals surface area contributed by atoms with Crippen molar-refractivity contribution in [3.63, 3.8) is 0 Å². The summed E-state index contributed by atoms with van der Waals surface area (Å²) in [6.45, 7) is 2.21. The molecule has 27 heavy (non-hydrogen) atoms. The molecule has 3 aromatic rings. The number of nitrogens with zero attached hydrogens (tertiary/aromatic N) is 4. The molecule has 1 saturated carbocycles. The summed E-state index contributed by atoms with van der Waals surface area (Å²) in [5.41, 5.74) is 0.253. The second-order valence-corrected chi connectivity index (χ2v) is 7.95. The first-order valence-electron chi connectivity index (χ1n) is 8.91. The van der Waals surface area contributed by atoms with Crippen LogP contribution in [-0.2, 0) is 0 Å². The number of halogens is 2. The molecule has 1 amide bonds. The van der Waals surface area contributed by atoms with Gasteiger partial charge in [-0.2, -0.15) is 5.10 Å². The number of hydrogen-bond acceptors (Lipinski definition) is 5. The van der Waals surface area contributed by atoms with Crippen molar-refractivity contribution in [1.82, 2.24) is 19.6 Å². The summed E-state index contributed by atoms with van der Waals surface area (Å²) in [6.07, 6.45) is 5.89. The standard InChI is InChI=1S/C18H19F2N5OS/c1-10-3-5-11(6-4-10)17-23-13(14(19)20)18(27-17)24-16(26)12-9-22-25-8-2-7-21-15(12)25/h2,7-11,14H,3-6H2,1H3,(H,24,26)/t10-,11-. The lowest BCUT2D eigenvalue weighted by Crippen LogP contribution is -2.12. The molecule has 0 spiro atoms. The Hall–Kier alpha value is -2.42. The maximum atomic E-state index is 13.5. The first kappa shape index (κ1) is 18.0. The highest BCUT2D eigenvalue weighted by atomic mass is 32.1. The molecule has 1 aliphatic rings. The topological polar surface area (TPSA) is 72.2 Å². The largest absolute Gasteiger partial charge is 0.312 e. The van der Waals surface area contributed by atoms with E-state index < -0.39 is 12.3 Å². The molecule has 0 atom stereocenters. The van der Waals surface area contributed by atoms with Gasteiger partial charge >= 0.3 is 0 Å². The molecule has 0 radical (unpaired) electrons. The Labute approximate surface area is 158 Å². The normalized spacial score (nSPS) is 20.3. The Bertz CT molecular complexity index is 962. The third-order valence-corrected chi connectivity index (χ3v) is 6.14. The van der Waals surface area contributed by atoms with E-state index in [1.54, 1.807) is 18.5 Å². The molecule has 1 N–H and O–H groups in total. The van der Waals surface area contributed by atoms with Crippen LogP contribution < -0.4 is 5.32 Å². The zero-order valence-corrected chi connectivity index (χ0v) is 15.5. The fourth-order valence-corrected chi connectivity index (χ4v) is 4.56. The van der Waals surface area contributed by atoms with Crippen molar-refractivity contribution in [2.24, 2.45) is 5.92 Å². The smallest absolute Gasteiger partial charge is 0.283 e. The molecule has 4 rings (SSSR count). The molecule has 6 nitrogen and oxygen atoms in total. The Morgan fingerprint density at radius 3 is 2.85 bits per heavy atom. The van der Waals surface area contributed by atoms with Gasteiger partial charge in [0.25, 0.3) is 12.3 Å². The molecule has 3 heterocycles. The van der Waals surface area contributed by atoms with E-state index in [9.17, 15) is 13.6 Å². The van der Waals surface area contributed by atoms with Crippen molar-refractivity contribution in [2.75, 3.05) is 5.32 Å². The minimum absolute atomic E-state index is 0.110. The van der Waals surface area contributed by atoms with Crippen molar-refractivity contribution < 1.29 is 13.6 Å². The molecule has 1 fully saturated rings. The average Bonchev–Trinajstić information content (AvgIpc) is 3.26. The monoisotopic (exact) mass is 391 g/mol. The molecule has 0 aliphatic heterocycles. The summed E-state index contributed by atoms with van der Waals surface area (Å²) >= 11 is 1.16. The number of hydrogen-bond donors (Lipinski definition) is 1. The number of aromatic nitrogens is 4. The summed E-state index contributed by atoms with van der Waals surface area (Å²) in [6, 6.07) is 1.69. The fourth-order valence-electron chi connectivity index (χ4n) is 3.43. The fraction of sp³-hybridized carbons (Fsp3) is 0.444. The Kier molecular flexibility index (Phi) is 4.86. The highest BCUT2D eigenvalue weighted by Gasteiger charge is 2.28. The van der Waals surface area contributed by atoms with Gasteiger partial charge in [0.05, 0.1) is 11.2 Å². The number of rotatable bonds is 4. The highest BCUT2D eigenvalue weighted by Crippen LogP contribution is 2.41. The number of carbonyl (C=O) groups is 1. The van der Waals surface area contributed by atoms with Crippen LogP contribution in [0, 0.1) is 5.92 Å². The number of carbonyl (C=O) groups excluding carboxylic acids is 1. The summed E-state index contributed by atoms with van der Waals surface area (Å²) < 4.78 is 28.4. The van der Waals surface area contributed by atoms with Crippen LogP contribution >= 0.6 is 11.3 Å². The molecule has 0 unspecified atom stereocenters. The second-order valence-electron chi connectivity index (χ2n) is 6.92. The van der Waals surface area contributed by atoms with E-state index >= 15 is 0 Å². The molecule has 0 aromatic carbocycles. The number of amides is 1. The molecule has 0 saturated heterocycles. The van der Waals surface area contributed by atoms with E-state index in [1.165, 1.54) is 10.7 Å². The first-order chi connectivity index (χ1) is 13.0. The van der Waals surface area contributed by atoms with Crippen LogP contribution in [0.5, 0.6) is 0 Å². The van der Waals surface area contributed by atoms with Gasteiger partial charge in [0.2, 0.25) is 0 Å². The molecule has 3 aromatic heterocycles. The van der Waals surface area contributed by atoms with E-state index in [2.05, 4.69) is 27.3 Å².